The molecule has 0 saturated carbocycles. The summed E-state index contributed by atoms with van der Waals surface area (Å²) >= 11 is 1.35. The van der Waals surface area contributed by atoms with Crippen molar-refractivity contribution < 1.29 is 13.2 Å². The highest BCUT2D eigenvalue weighted by Gasteiger charge is 2.22. The molecule has 0 aliphatic rings. The van der Waals surface area contributed by atoms with E-state index in [2.05, 4.69) is 12.2 Å². The van der Waals surface area contributed by atoms with Crippen LogP contribution in [0.25, 0.3) is 0 Å². The predicted molar refractivity (Wildman–Crippen MR) is 82.9 cm³/mol. The van der Waals surface area contributed by atoms with Crippen LogP contribution in [-0.4, -0.2) is 52.6 Å². The standard InChI is InChI=1S/C13H24N2O3S2/c1-4-14-9-8-12-6-7-13(19-12)20(16,17)15(3)10-11-18-5-2/h6-7,14H,4-5,8-11H2,1-3H3. The number of likely N-dealkylation sites (N-methyl/N-ethyl adjacent to an activating group) is 2. The molecular weight excluding hydrogens is 296 g/mol. The second kappa shape index (κ2) is 8.74. The van der Waals surface area contributed by atoms with E-state index in [-0.39, 0.29) is 0 Å². The highest BCUT2D eigenvalue weighted by atomic mass is 32.2. The molecule has 0 saturated heterocycles. The zero-order chi connectivity index (χ0) is 15.0. The second-order valence-electron chi connectivity index (χ2n) is 4.35. The molecule has 0 unspecified atom stereocenters. The summed E-state index contributed by atoms with van der Waals surface area (Å²) in [7, 11) is -1.79. The van der Waals surface area contributed by atoms with Crippen LogP contribution in [0.4, 0.5) is 0 Å². The minimum Gasteiger partial charge on any atom is -0.380 e. The average Bonchev–Trinajstić information content (AvgIpc) is 2.88. The fraction of sp³-hybridized carbons (Fsp3) is 0.692. The van der Waals surface area contributed by atoms with Crippen LogP contribution in [-0.2, 0) is 21.2 Å². The van der Waals surface area contributed by atoms with Gasteiger partial charge in [0.25, 0.3) is 10.0 Å². The lowest BCUT2D eigenvalue weighted by Crippen LogP contribution is -2.29. The van der Waals surface area contributed by atoms with Gasteiger partial charge in [-0.1, -0.05) is 6.92 Å². The van der Waals surface area contributed by atoms with Gasteiger partial charge in [0.1, 0.15) is 4.21 Å². The van der Waals surface area contributed by atoms with Gasteiger partial charge in [0.05, 0.1) is 6.61 Å². The maximum absolute atomic E-state index is 12.3. The molecule has 0 bridgehead atoms. The Kier molecular flexibility index (Phi) is 7.68. The Hall–Kier alpha value is -0.470. The van der Waals surface area contributed by atoms with Crippen molar-refractivity contribution in [2.24, 2.45) is 0 Å². The van der Waals surface area contributed by atoms with Gasteiger partial charge in [-0.05, 0) is 38.6 Å². The third kappa shape index (κ3) is 5.14. The van der Waals surface area contributed by atoms with Gasteiger partial charge < -0.3 is 10.1 Å². The molecule has 0 spiro atoms. The first-order chi connectivity index (χ1) is 9.52. The van der Waals surface area contributed by atoms with Crippen LogP contribution in [0, 0.1) is 0 Å². The normalized spacial score (nSPS) is 12.2. The van der Waals surface area contributed by atoms with Crippen molar-refractivity contribution in [1.82, 2.24) is 9.62 Å². The molecule has 1 heterocycles. The molecule has 1 aromatic rings. The zero-order valence-electron chi connectivity index (χ0n) is 12.4. The van der Waals surface area contributed by atoms with Crippen molar-refractivity contribution in [2.45, 2.75) is 24.5 Å². The van der Waals surface area contributed by atoms with Gasteiger partial charge in [0, 0.05) is 25.1 Å². The third-order valence-electron chi connectivity index (χ3n) is 2.85. The molecular formula is C13H24N2O3S2. The van der Waals surface area contributed by atoms with Gasteiger partial charge >= 0.3 is 0 Å². The third-order valence-corrected chi connectivity index (χ3v) is 6.32. The average molecular weight is 320 g/mol. The molecule has 0 radical (unpaired) electrons. The zero-order valence-corrected chi connectivity index (χ0v) is 14.0. The second-order valence-corrected chi connectivity index (χ2v) is 7.79. The molecule has 0 aliphatic heterocycles. The summed E-state index contributed by atoms with van der Waals surface area (Å²) < 4.78 is 31.6. The van der Waals surface area contributed by atoms with Crippen molar-refractivity contribution in [3.63, 3.8) is 0 Å². The van der Waals surface area contributed by atoms with Gasteiger partial charge in [0.2, 0.25) is 0 Å². The summed E-state index contributed by atoms with van der Waals surface area (Å²) in [6.45, 7) is 7.14. The highest BCUT2D eigenvalue weighted by molar-refractivity contribution is 7.91. The summed E-state index contributed by atoms with van der Waals surface area (Å²) in [6, 6.07) is 3.59. The van der Waals surface area contributed by atoms with Gasteiger partial charge in [-0.25, -0.2) is 8.42 Å². The van der Waals surface area contributed by atoms with E-state index in [4.69, 9.17) is 4.74 Å². The lowest BCUT2D eigenvalue weighted by Gasteiger charge is -2.15. The molecule has 7 heteroatoms. The highest BCUT2D eigenvalue weighted by Crippen LogP contribution is 2.24. The maximum Gasteiger partial charge on any atom is 0.252 e. The molecule has 0 aromatic carbocycles. The van der Waals surface area contributed by atoms with Crippen LogP contribution in [0.2, 0.25) is 0 Å². The van der Waals surface area contributed by atoms with Crippen molar-refractivity contribution in [3.05, 3.63) is 17.0 Å². The first-order valence-corrected chi connectivity index (χ1v) is 9.11. The van der Waals surface area contributed by atoms with Gasteiger partial charge in [0.15, 0.2) is 0 Å². The smallest absolute Gasteiger partial charge is 0.252 e. The van der Waals surface area contributed by atoms with Crippen LogP contribution in [0.1, 0.15) is 18.7 Å². The SMILES string of the molecule is CCNCCc1ccc(S(=O)(=O)N(C)CCOCC)s1. The lowest BCUT2D eigenvalue weighted by molar-refractivity contribution is 0.138. The fourth-order valence-corrected chi connectivity index (χ4v) is 4.35. The Morgan fingerprint density at radius 3 is 2.75 bits per heavy atom. The number of thiophene rings is 1. The van der Waals surface area contributed by atoms with Crippen molar-refractivity contribution >= 4 is 21.4 Å². The predicted octanol–water partition coefficient (Wildman–Crippen LogP) is 1.56. The minimum atomic E-state index is -3.38. The summed E-state index contributed by atoms with van der Waals surface area (Å²) in [6.07, 6.45) is 0.858. The molecule has 5 nitrogen and oxygen atoms in total. The molecule has 0 aliphatic carbocycles. The van der Waals surface area contributed by atoms with Crippen LogP contribution in [0.5, 0.6) is 0 Å². The Bertz CT molecular complexity index is 486. The topological polar surface area (TPSA) is 58.6 Å². The first kappa shape index (κ1) is 17.6. The van der Waals surface area contributed by atoms with Gasteiger partial charge in [-0.2, -0.15) is 4.31 Å². The monoisotopic (exact) mass is 320 g/mol. The number of nitrogens with zero attached hydrogens (tertiary/aromatic N) is 1. The summed E-state index contributed by atoms with van der Waals surface area (Å²) in [5.41, 5.74) is 0. The number of hydrogen-bond acceptors (Lipinski definition) is 5. The number of sulfonamides is 1. The molecule has 116 valence electrons. The number of ether oxygens (including phenoxy) is 1. The Morgan fingerprint density at radius 1 is 1.35 bits per heavy atom. The molecule has 0 atom stereocenters. The van der Waals surface area contributed by atoms with Crippen LogP contribution in [0.3, 0.4) is 0 Å². The van der Waals surface area contributed by atoms with Crippen LogP contribution >= 0.6 is 11.3 Å². The number of rotatable bonds is 10. The molecule has 0 fully saturated rings. The minimum absolute atomic E-state index is 0.376. The van der Waals surface area contributed by atoms with E-state index in [1.165, 1.54) is 15.6 Å². The summed E-state index contributed by atoms with van der Waals surface area (Å²) in [5, 5.41) is 3.23. The summed E-state index contributed by atoms with van der Waals surface area (Å²) in [4.78, 5) is 1.09. The van der Waals surface area contributed by atoms with E-state index in [9.17, 15) is 8.42 Å². The van der Waals surface area contributed by atoms with Crippen molar-refractivity contribution in [3.8, 4) is 0 Å². The van der Waals surface area contributed by atoms with Crippen LogP contribution < -0.4 is 5.32 Å². The van der Waals surface area contributed by atoms with E-state index < -0.39 is 10.0 Å². The van der Waals surface area contributed by atoms with E-state index in [1.807, 2.05) is 13.0 Å². The van der Waals surface area contributed by atoms with Gasteiger partial charge in [-0.15, -0.1) is 11.3 Å². The molecule has 0 amide bonds. The van der Waals surface area contributed by atoms with E-state index in [0.717, 1.165) is 24.4 Å². The van der Waals surface area contributed by atoms with E-state index in [0.29, 0.717) is 24.0 Å². The van der Waals surface area contributed by atoms with Crippen molar-refractivity contribution in [1.29, 1.82) is 0 Å². The fourth-order valence-electron chi connectivity index (χ4n) is 1.63. The van der Waals surface area contributed by atoms with E-state index >= 15 is 0 Å². The van der Waals surface area contributed by atoms with E-state index in [1.54, 1.807) is 13.1 Å². The molecule has 1 rings (SSSR count). The Morgan fingerprint density at radius 2 is 2.10 bits per heavy atom. The maximum atomic E-state index is 12.3. The lowest BCUT2D eigenvalue weighted by atomic mass is 10.3. The first-order valence-electron chi connectivity index (χ1n) is 6.85. The van der Waals surface area contributed by atoms with Gasteiger partial charge in [-0.3, -0.25) is 0 Å². The molecule has 20 heavy (non-hydrogen) atoms. The quantitative estimate of drug-likeness (QED) is 0.665. The largest absolute Gasteiger partial charge is 0.380 e. The molecule has 1 N–H and O–H groups in total. The molecule has 1 aromatic heterocycles. The van der Waals surface area contributed by atoms with Crippen LogP contribution in [0.15, 0.2) is 16.3 Å². The number of hydrogen-bond donors (Lipinski definition) is 1. The number of nitrogens with one attached hydrogen (secondary N) is 1. The summed E-state index contributed by atoms with van der Waals surface area (Å²) in [5.74, 6) is 0. The Balaban J connectivity index is 2.62. The Labute approximate surface area is 126 Å². The van der Waals surface area contributed by atoms with Crippen molar-refractivity contribution in [2.75, 3.05) is 39.9 Å².